The van der Waals surface area contributed by atoms with Crippen molar-refractivity contribution in [1.82, 2.24) is 15.0 Å². The first-order valence-corrected chi connectivity index (χ1v) is 8.04. The minimum Gasteiger partial charge on any atom is -0.338 e. The Bertz CT molecular complexity index is 938. The van der Waals surface area contributed by atoms with E-state index in [9.17, 15) is 9.18 Å². The lowest BCUT2D eigenvalue weighted by Gasteiger charge is -2.03. The third kappa shape index (κ3) is 2.61. The molecule has 0 bridgehead atoms. The molecule has 5 nitrogen and oxygen atoms in total. The highest BCUT2D eigenvalue weighted by atomic mass is 35.5. The van der Waals surface area contributed by atoms with E-state index in [4.69, 9.17) is 23.2 Å². The third-order valence-electron chi connectivity index (χ3n) is 3.89. The van der Waals surface area contributed by atoms with Gasteiger partial charge >= 0.3 is 0 Å². The van der Waals surface area contributed by atoms with E-state index >= 15 is 0 Å². The number of anilines is 1. The number of carbonyl (C=O) groups is 1. The highest BCUT2D eigenvalue weighted by molar-refractivity contribution is 6.39. The van der Waals surface area contributed by atoms with Crippen molar-refractivity contribution < 1.29 is 9.18 Å². The summed E-state index contributed by atoms with van der Waals surface area (Å²) in [4.78, 5) is 23.7. The molecule has 8 heteroatoms. The predicted molar refractivity (Wildman–Crippen MR) is 91.0 cm³/mol. The van der Waals surface area contributed by atoms with Crippen LogP contribution in [-0.2, 0) is 4.79 Å². The van der Waals surface area contributed by atoms with Crippen LogP contribution in [0.1, 0.15) is 6.42 Å². The molecule has 24 heavy (non-hydrogen) atoms. The van der Waals surface area contributed by atoms with Crippen molar-refractivity contribution in [2.24, 2.45) is 5.92 Å². The predicted octanol–water partition coefficient (Wildman–Crippen LogP) is 4.23. The monoisotopic (exact) mass is 364 g/mol. The van der Waals surface area contributed by atoms with Crippen LogP contribution in [0.3, 0.4) is 0 Å². The number of H-pyrrole nitrogens is 1. The van der Waals surface area contributed by atoms with Crippen LogP contribution in [-0.4, -0.2) is 27.0 Å². The number of imidazole rings is 1. The van der Waals surface area contributed by atoms with Crippen LogP contribution in [0.5, 0.6) is 0 Å². The Kier molecular flexibility index (Phi) is 3.66. The number of hydrogen-bond acceptors (Lipinski definition) is 3. The number of alkyl halides is 1. The fourth-order valence-electron chi connectivity index (χ4n) is 2.51. The van der Waals surface area contributed by atoms with Crippen LogP contribution < -0.4 is 5.32 Å². The number of amides is 1. The van der Waals surface area contributed by atoms with Gasteiger partial charge in [-0.2, -0.15) is 0 Å². The lowest BCUT2D eigenvalue weighted by Crippen LogP contribution is -2.16. The van der Waals surface area contributed by atoms with Gasteiger partial charge in [0.15, 0.2) is 5.82 Å². The number of aromatic amines is 1. The SMILES string of the molecule is O=C(Nc1nccc2[nH]c(-c3c(Cl)cccc3Cl)nc12)[C@H]1C[C@H]1F. The maximum Gasteiger partial charge on any atom is 0.231 e. The Labute approximate surface area is 146 Å². The molecule has 0 spiro atoms. The zero-order chi connectivity index (χ0) is 16.8. The summed E-state index contributed by atoms with van der Waals surface area (Å²) in [7, 11) is 0. The number of pyridine rings is 1. The summed E-state index contributed by atoms with van der Waals surface area (Å²) in [5, 5.41) is 3.55. The molecule has 122 valence electrons. The van der Waals surface area contributed by atoms with Crippen molar-refractivity contribution in [2.75, 3.05) is 5.32 Å². The van der Waals surface area contributed by atoms with Gasteiger partial charge in [0.1, 0.15) is 17.5 Å². The largest absolute Gasteiger partial charge is 0.338 e. The van der Waals surface area contributed by atoms with E-state index in [1.54, 1.807) is 24.3 Å². The van der Waals surface area contributed by atoms with Gasteiger partial charge in [-0.15, -0.1) is 0 Å². The van der Waals surface area contributed by atoms with Crippen LogP contribution in [0.4, 0.5) is 10.2 Å². The van der Waals surface area contributed by atoms with Crippen LogP contribution >= 0.6 is 23.2 Å². The molecule has 0 unspecified atom stereocenters. The summed E-state index contributed by atoms with van der Waals surface area (Å²) in [5.41, 5.74) is 1.70. The van der Waals surface area contributed by atoms with E-state index in [0.717, 1.165) is 0 Å². The van der Waals surface area contributed by atoms with Gasteiger partial charge in [-0.25, -0.2) is 14.4 Å². The lowest BCUT2D eigenvalue weighted by atomic mass is 10.2. The standard InChI is InChI=1S/C16H11Cl2FN4O/c17-8-2-1-3-9(18)12(8)14-21-11-4-5-20-15(13(11)22-14)23-16(24)7-6-10(7)19/h1-5,7,10H,6H2,(H,21,22)(H,20,23,24)/t7-,10+/m0/s1. The molecule has 2 heterocycles. The van der Waals surface area contributed by atoms with Crippen LogP contribution in [0.2, 0.25) is 10.0 Å². The number of fused-ring (bicyclic) bond motifs is 1. The number of nitrogens with zero attached hydrogens (tertiary/aromatic N) is 2. The molecule has 0 aliphatic heterocycles. The second-order valence-electron chi connectivity index (χ2n) is 5.59. The molecule has 1 aliphatic rings. The number of rotatable bonds is 3. The molecule has 4 rings (SSSR count). The van der Waals surface area contributed by atoms with Gasteiger partial charge < -0.3 is 10.3 Å². The first kappa shape index (κ1) is 15.4. The van der Waals surface area contributed by atoms with Crippen molar-refractivity contribution >= 4 is 46.0 Å². The topological polar surface area (TPSA) is 70.7 Å². The second kappa shape index (κ2) is 5.72. The Hall–Kier alpha value is -2.18. The Morgan fingerprint density at radius 1 is 1.29 bits per heavy atom. The van der Waals surface area contributed by atoms with Crippen LogP contribution in [0, 0.1) is 5.92 Å². The average molecular weight is 365 g/mol. The van der Waals surface area contributed by atoms with E-state index in [2.05, 4.69) is 20.3 Å². The third-order valence-corrected chi connectivity index (χ3v) is 4.52. The molecule has 1 aliphatic carbocycles. The summed E-state index contributed by atoms with van der Waals surface area (Å²) < 4.78 is 13.0. The first-order valence-electron chi connectivity index (χ1n) is 7.28. The highest BCUT2D eigenvalue weighted by Gasteiger charge is 2.43. The molecule has 1 fully saturated rings. The number of halogens is 3. The Balaban J connectivity index is 1.76. The average Bonchev–Trinajstić information content (AvgIpc) is 3.11. The van der Waals surface area contributed by atoms with Gasteiger partial charge in [0.05, 0.1) is 27.0 Å². The van der Waals surface area contributed by atoms with Crippen molar-refractivity contribution in [3.63, 3.8) is 0 Å². The molecule has 0 saturated heterocycles. The summed E-state index contributed by atoms with van der Waals surface area (Å²) in [6.45, 7) is 0. The summed E-state index contributed by atoms with van der Waals surface area (Å²) in [5.74, 6) is -0.234. The molecule has 2 N–H and O–H groups in total. The zero-order valence-corrected chi connectivity index (χ0v) is 13.7. The molecule has 2 atom stereocenters. The minimum absolute atomic E-state index is 0.253. The maximum atomic E-state index is 13.0. The smallest absolute Gasteiger partial charge is 0.231 e. The first-order chi connectivity index (χ1) is 11.5. The van der Waals surface area contributed by atoms with Gasteiger partial charge in [0.25, 0.3) is 0 Å². The number of benzene rings is 1. The summed E-state index contributed by atoms with van der Waals surface area (Å²) >= 11 is 12.4. The number of nitrogens with one attached hydrogen (secondary N) is 2. The number of carbonyl (C=O) groups excluding carboxylic acids is 1. The van der Waals surface area contributed by atoms with Gasteiger partial charge in [-0.1, -0.05) is 29.3 Å². The van der Waals surface area contributed by atoms with E-state index in [1.165, 1.54) is 6.20 Å². The Morgan fingerprint density at radius 2 is 2.00 bits per heavy atom. The summed E-state index contributed by atoms with van der Waals surface area (Å²) in [6, 6.07) is 6.89. The normalized spacial score (nSPS) is 19.5. The lowest BCUT2D eigenvalue weighted by molar-refractivity contribution is -0.117. The minimum atomic E-state index is -1.07. The van der Waals surface area contributed by atoms with Gasteiger partial charge in [0, 0.05) is 6.20 Å². The molecule has 2 aromatic heterocycles. The second-order valence-corrected chi connectivity index (χ2v) is 6.40. The Morgan fingerprint density at radius 3 is 2.67 bits per heavy atom. The fraction of sp³-hybridized carbons (Fsp3) is 0.188. The number of hydrogen-bond donors (Lipinski definition) is 2. The maximum absolute atomic E-state index is 13.0. The van der Waals surface area contributed by atoms with E-state index < -0.39 is 12.1 Å². The molecular weight excluding hydrogens is 354 g/mol. The van der Waals surface area contributed by atoms with Crippen molar-refractivity contribution in [1.29, 1.82) is 0 Å². The molecular formula is C16H11Cl2FN4O. The molecule has 1 saturated carbocycles. The molecule has 1 aromatic carbocycles. The van der Waals surface area contributed by atoms with E-state index in [1.807, 2.05) is 0 Å². The van der Waals surface area contributed by atoms with Gasteiger partial charge in [-0.3, -0.25) is 4.79 Å². The molecule has 0 radical (unpaired) electrons. The highest BCUT2D eigenvalue weighted by Crippen LogP contribution is 2.36. The zero-order valence-electron chi connectivity index (χ0n) is 12.2. The van der Waals surface area contributed by atoms with Crippen LogP contribution in [0.25, 0.3) is 22.4 Å². The van der Waals surface area contributed by atoms with Crippen LogP contribution in [0.15, 0.2) is 30.5 Å². The molecule has 3 aromatic rings. The van der Waals surface area contributed by atoms with Gasteiger partial charge in [0.2, 0.25) is 5.91 Å². The molecule has 1 amide bonds. The van der Waals surface area contributed by atoms with E-state index in [-0.39, 0.29) is 18.1 Å². The quantitative estimate of drug-likeness (QED) is 0.730. The fourth-order valence-corrected chi connectivity index (χ4v) is 3.09. The van der Waals surface area contributed by atoms with Gasteiger partial charge in [-0.05, 0) is 24.6 Å². The summed E-state index contributed by atoms with van der Waals surface area (Å²) in [6.07, 6.45) is 0.720. The van der Waals surface area contributed by atoms with Crippen molar-refractivity contribution in [2.45, 2.75) is 12.6 Å². The number of aromatic nitrogens is 3. The van der Waals surface area contributed by atoms with E-state index in [0.29, 0.717) is 32.5 Å². The van der Waals surface area contributed by atoms with Crippen molar-refractivity contribution in [3.05, 3.63) is 40.5 Å². The van der Waals surface area contributed by atoms with Crippen molar-refractivity contribution in [3.8, 4) is 11.4 Å².